The fourth-order valence-electron chi connectivity index (χ4n) is 1.88. The van der Waals surface area contributed by atoms with Crippen molar-refractivity contribution in [1.29, 1.82) is 0 Å². The number of halogens is 3. The third kappa shape index (κ3) is 2.61. The molecule has 1 amide bonds. The monoisotopic (exact) mass is 381 g/mol. The van der Waals surface area contributed by atoms with E-state index in [0.717, 1.165) is 4.47 Å². The summed E-state index contributed by atoms with van der Waals surface area (Å²) in [5, 5.41) is 9.96. The summed E-state index contributed by atoms with van der Waals surface area (Å²) in [6.45, 7) is 0.554. The second-order valence-electron chi connectivity index (χ2n) is 3.98. The van der Waals surface area contributed by atoms with Crippen LogP contribution in [-0.4, -0.2) is 23.4 Å². The Bertz CT molecular complexity index is 467. The van der Waals surface area contributed by atoms with Gasteiger partial charge in [-0.05, 0) is 34.0 Å². The van der Waals surface area contributed by atoms with Gasteiger partial charge in [0.25, 0.3) is 0 Å². The van der Waals surface area contributed by atoms with Crippen LogP contribution in [0.25, 0.3) is 0 Å². The minimum Gasteiger partial charge on any atom is -0.505 e. The van der Waals surface area contributed by atoms with Crippen LogP contribution in [0, 0.1) is 5.92 Å². The number of carbonyl (C=O) groups excluding carboxylic acids is 1. The number of hydrogen-bond acceptors (Lipinski definition) is 2. The van der Waals surface area contributed by atoms with Crippen LogP contribution in [0.4, 0.5) is 5.69 Å². The van der Waals surface area contributed by atoms with E-state index in [4.69, 9.17) is 11.6 Å². The number of nitrogens with zero attached hydrogens (tertiary/aromatic N) is 1. The standard InChI is InChI=1S/C11H10Br2ClNO2/c12-7-2-8(13)11(17)9(3-7)15-5-6(4-14)1-10(15)16/h2-3,6,17H,1,4-5H2. The number of benzene rings is 1. The van der Waals surface area contributed by atoms with Gasteiger partial charge >= 0.3 is 0 Å². The molecule has 1 aliphatic heterocycles. The summed E-state index contributed by atoms with van der Waals surface area (Å²) in [5.41, 5.74) is 0.517. The van der Waals surface area contributed by atoms with Crippen molar-refractivity contribution in [3.8, 4) is 5.75 Å². The van der Waals surface area contributed by atoms with Crippen LogP contribution in [-0.2, 0) is 4.79 Å². The van der Waals surface area contributed by atoms with Gasteiger partial charge in [-0.3, -0.25) is 4.79 Å². The second-order valence-corrected chi connectivity index (χ2v) is 6.06. The fraction of sp³-hybridized carbons (Fsp3) is 0.364. The molecule has 1 N–H and O–H groups in total. The molecule has 6 heteroatoms. The molecule has 1 aromatic rings. The molecular weight excluding hydrogens is 373 g/mol. The Hall–Kier alpha value is -0.260. The van der Waals surface area contributed by atoms with Crippen molar-refractivity contribution in [3.63, 3.8) is 0 Å². The van der Waals surface area contributed by atoms with Crippen LogP contribution < -0.4 is 4.90 Å². The summed E-state index contributed by atoms with van der Waals surface area (Å²) < 4.78 is 1.36. The van der Waals surface area contributed by atoms with Crippen molar-refractivity contribution in [3.05, 3.63) is 21.1 Å². The summed E-state index contributed by atoms with van der Waals surface area (Å²) in [5.74, 6) is 0.687. The number of phenolic OH excluding ortho intramolecular Hbond substituents is 1. The normalized spacial score (nSPS) is 20.1. The highest BCUT2D eigenvalue weighted by Crippen LogP contribution is 2.40. The Morgan fingerprint density at radius 1 is 1.47 bits per heavy atom. The molecule has 17 heavy (non-hydrogen) atoms. The molecule has 0 saturated carbocycles. The smallest absolute Gasteiger partial charge is 0.227 e. The maximum Gasteiger partial charge on any atom is 0.227 e. The number of alkyl halides is 1. The molecule has 0 aromatic heterocycles. The van der Waals surface area contributed by atoms with E-state index < -0.39 is 0 Å². The van der Waals surface area contributed by atoms with Gasteiger partial charge in [0, 0.05) is 23.3 Å². The van der Waals surface area contributed by atoms with Gasteiger partial charge in [-0.2, -0.15) is 0 Å². The molecule has 0 aliphatic carbocycles. The molecule has 1 unspecified atom stereocenters. The minimum atomic E-state index is -0.00375. The van der Waals surface area contributed by atoms with Crippen molar-refractivity contribution in [2.24, 2.45) is 5.92 Å². The maximum absolute atomic E-state index is 11.8. The van der Waals surface area contributed by atoms with Gasteiger partial charge in [0.2, 0.25) is 5.91 Å². The Kier molecular flexibility index (Phi) is 4.00. The molecule has 3 nitrogen and oxygen atoms in total. The van der Waals surface area contributed by atoms with Crippen molar-refractivity contribution in [2.75, 3.05) is 17.3 Å². The quantitative estimate of drug-likeness (QED) is 0.794. The van der Waals surface area contributed by atoms with E-state index in [1.165, 1.54) is 0 Å². The second kappa shape index (κ2) is 5.16. The fourth-order valence-corrected chi connectivity index (χ4v) is 3.29. The van der Waals surface area contributed by atoms with Gasteiger partial charge < -0.3 is 10.0 Å². The van der Waals surface area contributed by atoms with Crippen LogP contribution in [0.2, 0.25) is 0 Å². The van der Waals surface area contributed by atoms with Gasteiger partial charge in [-0.1, -0.05) is 15.9 Å². The zero-order valence-corrected chi connectivity index (χ0v) is 12.7. The van der Waals surface area contributed by atoms with Gasteiger partial charge in [-0.15, -0.1) is 11.6 Å². The minimum absolute atomic E-state index is 0.00375. The molecule has 1 aliphatic rings. The summed E-state index contributed by atoms with van der Waals surface area (Å²) in [4.78, 5) is 13.4. The van der Waals surface area contributed by atoms with Crippen LogP contribution in [0.1, 0.15) is 6.42 Å². The highest BCUT2D eigenvalue weighted by Gasteiger charge is 2.31. The molecule has 0 radical (unpaired) electrons. The SMILES string of the molecule is O=C1CC(CCl)CN1c1cc(Br)cc(Br)c1O. The molecule has 1 aromatic carbocycles. The zero-order valence-electron chi connectivity index (χ0n) is 8.79. The molecule has 92 valence electrons. The topological polar surface area (TPSA) is 40.5 Å². The third-order valence-electron chi connectivity index (χ3n) is 2.72. The van der Waals surface area contributed by atoms with E-state index in [1.807, 2.05) is 0 Å². The van der Waals surface area contributed by atoms with Crippen molar-refractivity contribution in [2.45, 2.75) is 6.42 Å². The number of phenols is 1. The van der Waals surface area contributed by atoms with E-state index in [-0.39, 0.29) is 17.6 Å². The summed E-state index contributed by atoms with van der Waals surface area (Å²) in [6.07, 6.45) is 0.438. The lowest BCUT2D eigenvalue weighted by molar-refractivity contribution is -0.117. The highest BCUT2D eigenvalue weighted by atomic mass is 79.9. The molecular formula is C11H10Br2ClNO2. The van der Waals surface area contributed by atoms with Gasteiger partial charge in [0.15, 0.2) is 5.75 Å². The van der Waals surface area contributed by atoms with Crippen LogP contribution in [0.5, 0.6) is 5.75 Å². The number of anilines is 1. The Morgan fingerprint density at radius 2 is 2.18 bits per heavy atom. The molecule has 1 fully saturated rings. The van der Waals surface area contributed by atoms with Crippen molar-refractivity contribution < 1.29 is 9.90 Å². The predicted molar refractivity (Wildman–Crippen MR) is 74.7 cm³/mol. The van der Waals surface area contributed by atoms with E-state index in [9.17, 15) is 9.90 Å². The number of rotatable bonds is 2. The number of aromatic hydroxyl groups is 1. The van der Waals surface area contributed by atoms with Crippen LogP contribution >= 0.6 is 43.5 Å². The van der Waals surface area contributed by atoms with Crippen LogP contribution in [0.3, 0.4) is 0 Å². The van der Waals surface area contributed by atoms with Gasteiger partial charge in [-0.25, -0.2) is 0 Å². The predicted octanol–water partition coefficient (Wildman–Crippen LogP) is 3.51. The lowest BCUT2D eigenvalue weighted by Crippen LogP contribution is -2.24. The number of carbonyl (C=O) groups is 1. The van der Waals surface area contributed by atoms with E-state index >= 15 is 0 Å². The highest BCUT2D eigenvalue weighted by molar-refractivity contribution is 9.11. The summed E-state index contributed by atoms with van der Waals surface area (Å²) >= 11 is 12.4. The molecule has 1 heterocycles. The summed E-state index contributed by atoms with van der Waals surface area (Å²) in [6, 6.07) is 3.47. The van der Waals surface area contributed by atoms with Crippen molar-refractivity contribution >= 4 is 55.1 Å². The Labute approximate surface area is 121 Å². The summed E-state index contributed by atoms with van der Waals surface area (Å²) in [7, 11) is 0. The largest absolute Gasteiger partial charge is 0.505 e. The van der Waals surface area contributed by atoms with Gasteiger partial charge in [0.1, 0.15) is 0 Å². The molecule has 1 saturated heterocycles. The number of hydrogen-bond donors (Lipinski definition) is 1. The van der Waals surface area contributed by atoms with E-state index in [2.05, 4.69) is 31.9 Å². The lowest BCUT2D eigenvalue weighted by atomic mass is 10.1. The van der Waals surface area contributed by atoms with E-state index in [1.54, 1.807) is 17.0 Å². The first-order valence-corrected chi connectivity index (χ1v) is 7.19. The Morgan fingerprint density at radius 3 is 2.76 bits per heavy atom. The molecule has 0 bridgehead atoms. The van der Waals surface area contributed by atoms with Crippen molar-refractivity contribution in [1.82, 2.24) is 0 Å². The average molecular weight is 383 g/mol. The lowest BCUT2D eigenvalue weighted by Gasteiger charge is -2.18. The first-order valence-electron chi connectivity index (χ1n) is 5.07. The first-order chi connectivity index (χ1) is 8.02. The Balaban J connectivity index is 2.38. The molecule has 1 atom stereocenters. The van der Waals surface area contributed by atoms with Gasteiger partial charge in [0.05, 0.1) is 10.2 Å². The third-order valence-corrected chi connectivity index (χ3v) is 4.22. The van der Waals surface area contributed by atoms with E-state index in [0.29, 0.717) is 29.0 Å². The zero-order chi connectivity index (χ0) is 12.6. The van der Waals surface area contributed by atoms with Crippen LogP contribution in [0.15, 0.2) is 21.1 Å². The molecule has 0 spiro atoms. The first kappa shape index (κ1) is 13.2. The number of amides is 1. The average Bonchev–Trinajstić information content (AvgIpc) is 2.65. The maximum atomic E-state index is 11.8. The molecule has 2 rings (SSSR count).